The average molecular weight is 304 g/mol. The van der Waals surface area contributed by atoms with Crippen molar-refractivity contribution < 1.29 is 9.18 Å². The van der Waals surface area contributed by atoms with Crippen molar-refractivity contribution in [1.29, 1.82) is 0 Å². The first kappa shape index (κ1) is 15.7. The van der Waals surface area contributed by atoms with Gasteiger partial charge in [0.1, 0.15) is 5.82 Å². The maximum atomic E-state index is 13.4. The second-order valence-corrected chi connectivity index (χ2v) is 4.63. The Labute approximate surface area is 127 Å². The SMILES string of the molecule is CCc1cc(=O)n(CCNC(=O)Nc2ccccc2F)cn1. The Balaban J connectivity index is 1.85. The molecule has 0 spiro atoms. The number of urea groups is 1. The lowest BCUT2D eigenvalue weighted by molar-refractivity contribution is 0.251. The average Bonchev–Trinajstić information content (AvgIpc) is 2.51. The van der Waals surface area contributed by atoms with E-state index in [-0.39, 0.29) is 17.8 Å². The van der Waals surface area contributed by atoms with Crippen LogP contribution in [0.1, 0.15) is 12.6 Å². The summed E-state index contributed by atoms with van der Waals surface area (Å²) in [7, 11) is 0. The molecule has 2 N–H and O–H groups in total. The van der Waals surface area contributed by atoms with E-state index in [4.69, 9.17) is 0 Å². The first-order chi connectivity index (χ1) is 10.6. The second kappa shape index (κ2) is 7.35. The highest BCUT2D eigenvalue weighted by molar-refractivity contribution is 5.89. The fourth-order valence-electron chi connectivity index (χ4n) is 1.84. The molecule has 0 aliphatic carbocycles. The Morgan fingerprint density at radius 1 is 1.36 bits per heavy atom. The van der Waals surface area contributed by atoms with E-state index in [0.29, 0.717) is 13.0 Å². The Morgan fingerprint density at radius 3 is 2.82 bits per heavy atom. The number of aromatic nitrogens is 2. The van der Waals surface area contributed by atoms with E-state index in [1.54, 1.807) is 6.07 Å². The smallest absolute Gasteiger partial charge is 0.319 e. The topological polar surface area (TPSA) is 76.0 Å². The van der Waals surface area contributed by atoms with Gasteiger partial charge in [-0.1, -0.05) is 19.1 Å². The van der Waals surface area contributed by atoms with Crippen molar-refractivity contribution >= 4 is 11.7 Å². The van der Waals surface area contributed by atoms with Crippen LogP contribution in [0.25, 0.3) is 0 Å². The highest BCUT2D eigenvalue weighted by atomic mass is 19.1. The molecule has 0 aliphatic heterocycles. The van der Waals surface area contributed by atoms with Gasteiger partial charge in [0.2, 0.25) is 0 Å². The monoisotopic (exact) mass is 304 g/mol. The van der Waals surface area contributed by atoms with Crippen LogP contribution in [-0.4, -0.2) is 22.1 Å². The maximum absolute atomic E-state index is 13.4. The molecule has 116 valence electrons. The zero-order valence-corrected chi connectivity index (χ0v) is 12.2. The molecule has 7 heteroatoms. The fourth-order valence-corrected chi connectivity index (χ4v) is 1.84. The summed E-state index contributed by atoms with van der Waals surface area (Å²) in [5.74, 6) is -0.506. The lowest BCUT2D eigenvalue weighted by Crippen LogP contribution is -2.34. The van der Waals surface area contributed by atoms with Crippen LogP contribution >= 0.6 is 0 Å². The van der Waals surface area contributed by atoms with Gasteiger partial charge in [0.25, 0.3) is 5.56 Å². The van der Waals surface area contributed by atoms with Crippen molar-refractivity contribution in [3.8, 4) is 0 Å². The molecular formula is C15H17FN4O2. The van der Waals surface area contributed by atoms with E-state index < -0.39 is 11.8 Å². The number of hydrogen-bond donors (Lipinski definition) is 2. The molecule has 0 unspecified atom stereocenters. The van der Waals surface area contributed by atoms with E-state index in [9.17, 15) is 14.0 Å². The van der Waals surface area contributed by atoms with E-state index in [1.807, 2.05) is 6.92 Å². The van der Waals surface area contributed by atoms with Crippen LogP contribution in [0.5, 0.6) is 0 Å². The molecule has 6 nitrogen and oxygen atoms in total. The van der Waals surface area contributed by atoms with Gasteiger partial charge in [0.05, 0.1) is 12.0 Å². The number of nitrogens with one attached hydrogen (secondary N) is 2. The number of rotatable bonds is 5. The number of amides is 2. The van der Waals surface area contributed by atoms with Crippen molar-refractivity contribution in [3.63, 3.8) is 0 Å². The first-order valence-corrected chi connectivity index (χ1v) is 6.95. The zero-order chi connectivity index (χ0) is 15.9. The lowest BCUT2D eigenvalue weighted by Gasteiger charge is -2.09. The third kappa shape index (κ3) is 4.15. The number of aryl methyl sites for hydroxylation is 1. The molecule has 0 radical (unpaired) electrons. The molecule has 0 aliphatic rings. The summed E-state index contributed by atoms with van der Waals surface area (Å²) in [4.78, 5) is 27.5. The second-order valence-electron chi connectivity index (χ2n) is 4.63. The summed E-state index contributed by atoms with van der Waals surface area (Å²) in [5.41, 5.74) is 0.667. The minimum absolute atomic E-state index is 0.103. The predicted octanol–water partition coefficient (Wildman–Crippen LogP) is 1.77. The summed E-state index contributed by atoms with van der Waals surface area (Å²) in [6.45, 7) is 2.44. The molecule has 0 saturated carbocycles. The summed E-state index contributed by atoms with van der Waals surface area (Å²) in [6.07, 6.45) is 2.15. The van der Waals surface area contributed by atoms with Gasteiger partial charge in [-0.3, -0.25) is 9.36 Å². The molecule has 0 atom stereocenters. The van der Waals surface area contributed by atoms with Crippen LogP contribution in [0, 0.1) is 5.82 Å². The van der Waals surface area contributed by atoms with Gasteiger partial charge < -0.3 is 10.6 Å². The molecule has 1 aromatic heterocycles. The minimum atomic E-state index is -0.531. The third-order valence-electron chi connectivity index (χ3n) is 3.06. The molecule has 2 amide bonds. The molecule has 22 heavy (non-hydrogen) atoms. The van der Waals surface area contributed by atoms with Crippen LogP contribution in [0.3, 0.4) is 0 Å². The molecule has 2 aromatic rings. The van der Waals surface area contributed by atoms with E-state index in [1.165, 1.54) is 35.2 Å². The number of hydrogen-bond acceptors (Lipinski definition) is 3. The van der Waals surface area contributed by atoms with Gasteiger partial charge in [-0.15, -0.1) is 0 Å². The molecular weight excluding hydrogens is 287 g/mol. The van der Waals surface area contributed by atoms with E-state index in [0.717, 1.165) is 5.69 Å². The largest absolute Gasteiger partial charge is 0.336 e. The first-order valence-electron chi connectivity index (χ1n) is 6.95. The van der Waals surface area contributed by atoms with E-state index >= 15 is 0 Å². The van der Waals surface area contributed by atoms with Gasteiger partial charge in [0.15, 0.2) is 0 Å². The zero-order valence-electron chi connectivity index (χ0n) is 12.2. The van der Waals surface area contributed by atoms with Gasteiger partial charge >= 0.3 is 6.03 Å². The number of benzene rings is 1. The number of carbonyl (C=O) groups is 1. The van der Waals surface area contributed by atoms with Crippen molar-refractivity contribution in [2.45, 2.75) is 19.9 Å². The number of anilines is 1. The van der Waals surface area contributed by atoms with Gasteiger partial charge in [-0.05, 0) is 18.6 Å². The molecule has 0 saturated heterocycles. The van der Waals surface area contributed by atoms with Crippen LogP contribution in [-0.2, 0) is 13.0 Å². The maximum Gasteiger partial charge on any atom is 0.319 e. The van der Waals surface area contributed by atoms with Crippen molar-refractivity contribution in [2.24, 2.45) is 0 Å². The molecule has 1 heterocycles. The molecule has 2 rings (SSSR count). The summed E-state index contributed by atoms with van der Waals surface area (Å²) < 4.78 is 14.8. The Hall–Kier alpha value is -2.70. The Kier molecular flexibility index (Phi) is 5.24. The molecule has 0 fully saturated rings. The van der Waals surface area contributed by atoms with Crippen LogP contribution in [0.2, 0.25) is 0 Å². The summed E-state index contributed by atoms with van der Waals surface area (Å²) >= 11 is 0. The third-order valence-corrected chi connectivity index (χ3v) is 3.06. The normalized spacial score (nSPS) is 10.3. The van der Waals surface area contributed by atoms with Crippen molar-refractivity contribution in [2.75, 3.05) is 11.9 Å². The van der Waals surface area contributed by atoms with Gasteiger partial charge in [0, 0.05) is 24.8 Å². The van der Waals surface area contributed by atoms with Crippen LogP contribution in [0.4, 0.5) is 14.9 Å². The fraction of sp³-hybridized carbons (Fsp3) is 0.267. The number of halogens is 1. The van der Waals surface area contributed by atoms with Crippen molar-refractivity contribution in [1.82, 2.24) is 14.9 Å². The number of nitrogens with zero attached hydrogens (tertiary/aromatic N) is 2. The highest BCUT2D eigenvalue weighted by Crippen LogP contribution is 2.11. The van der Waals surface area contributed by atoms with Crippen LogP contribution in [0.15, 0.2) is 41.5 Å². The minimum Gasteiger partial charge on any atom is -0.336 e. The summed E-state index contributed by atoms with van der Waals surface area (Å²) in [6, 6.07) is 6.83. The van der Waals surface area contributed by atoms with Gasteiger partial charge in [-0.2, -0.15) is 0 Å². The highest BCUT2D eigenvalue weighted by Gasteiger charge is 2.05. The Morgan fingerprint density at radius 2 is 2.14 bits per heavy atom. The van der Waals surface area contributed by atoms with Crippen LogP contribution < -0.4 is 16.2 Å². The number of carbonyl (C=O) groups excluding carboxylic acids is 1. The predicted molar refractivity (Wildman–Crippen MR) is 81.3 cm³/mol. The molecule has 1 aromatic carbocycles. The van der Waals surface area contributed by atoms with Gasteiger partial charge in [-0.25, -0.2) is 14.2 Å². The lowest BCUT2D eigenvalue weighted by atomic mass is 10.3. The standard InChI is InChI=1S/C15H17FN4O2/c1-2-11-9-14(21)20(10-18-11)8-7-17-15(22)19-13-6-4-3-5-12(13)16/h3-6,9-10H,2,7-8H2,1H3,(H2,17,19,22). The summed E-state index contributed by atoms with van der Waals surface area (Å²) in [5, 5.41) is 4.96. The quantitative estimate of drug-likeness (QED) is 0.884. The van der Waals surface area contributed by atoms with Crippen molar-refractivity contribution in [3.05, 3.63) is 58.5 Å². The number of para-hydroxylation sites is 1. The molecule has 0 bridgehead atoms. The van der Waals surface area contributed by atoms with E-state index in [2.05, 4.69) is 15.6 Å². The Bertz CT molecular complexity index is 715.